The SMILES string of the molecule is CC(C)CNC(=O)CCn1c(C(C)Cl)nc2ccccc21. The van der Waals surface area contributed by atoms with Crippen molar-refractivity contribution in [3.8, 4) is 0 Å². The molecule has 1 amide bonds. The van der Waals surface area contributed by atoms with Gasteiger partial charge in [-0.1, -0.05) is 26.0 Å². The molecule has 0 saturated carbocycles. The second-order valence-electron chi connectivity index (χ2n) is 5.67. The Kier molecular flexibility index (Phi) is 5.23. The van der Waals surface area contributed by atoms with E-state index in [1.807, 2.05) is 35.8 Å². The fourth-order valence-corrected chi connectivity index (χ4v) is 2.42. The van der Waals surface area contributed by atoms with Gasteiger partial charge in [0.2, 0.25) is 5.91 Å². The fourth-order valence-electron chi connectivity index (χ4n) is 2.25. The average Bonchev–Trinajstić information content (AvgIpc) is 2.82. The lowest BCUT2D eigenvalue weighted by Gasteiger charge is -2.11. The summed E-state index contributed by atoms with van der Waals surface area (Å²) in [4.78, 5) is 16.4. The molecular weight excluding hydrogens is 286 g/mol. The number of imidazole rings is 1. The van der Waals surface area contributed by atoms with Crippen molar-refractivity contribution in [2.75, 3.05) is 6.54 Å². The Balaban J connectivity index is 2.13. The first kappa shape index (κ1) is 15.8. The molecule has 21 heavy (non-hydrogen) atoms. The molecule has 1 heterocycles. The lowest BCUT2D eigenvalue weighted by molar-refractivity contribution is -0.121. The molecule has 0 aliphatic carbocycles. The van der Waals surface area contributed by atoms with Crippen molar-refractivity contribution in [3.05, 3.63) is 30.1 Å². The highest BCUT2D eigenvalue weighted by Gasteiger charge is 2.15. The number of aryl methyl sites for hydroxylation is 1. The number of rotatable bonds is 6. The second kappa shape index (κ2) is 6.94. The molecule has 1 atom stereocenters. The zero-order chi connectivity index (χ0) is 15.4. The number of alkyl halides is 1. The number of aromatic nitrogens is 2. The lowest BCUT2D eigenvalue weighted by Crippen LogP contribution is -2.28. The van der Waals surface area contributed by atoms with Crippen LogP contribution in [0, 0.1) is 5.92 Å². The van der Waals surface area contributed by atoms with Gasteiger partial charge in [-0.2, -0.15) is 0 Å². The van der Waals surface area contributed by atoms with E-state index < -0.39 is 0 Å². The standard InChI is InChI=1S/C16H22ClN3O/c1-11(2)10-18-15(21)8-9-20-14-7-5-4-6-13(14)19-16(20)12(3)17/h4-7,11-12H,8-10H2,1-3H3,(H,18,21). The third-order valence-electron chi connectivity index (χ3n) is 3.31. The smallest absolute Gasteiger partial charge is 0.221 e. The van der Waals surface area contributed by atoms with Gasteiger partial charge in [0, 0.05) is 19.5 Å². The predicted octanol–water partition coefficient (Wildman–Crippen LogP) is 3.50. The van der Waals surface area contributed by atoms with E-state index in [4.69, 9.17) is 11.6 Å². The van der Waals surface area contributed by atoms with Gasteiger partial charge in [0.1, 0.15) is 5.82 Å². The van der Waals surface area contributed by atoms with Crippen LogP contribution in [0.4, 0.5) is 0 Å². The summed E-state index contributed by atoms with van der Waals surface area (Å²) < 4.78 is 2.04. The highest BCUT2D eigenvalue weighted by molar-refractivity contribution is 6.20. The Morgan fingerprint density at radius 3 is 2.71 bits per heavy atom. The van der Waals surface area contributed by atoms with Gasteiger partial charge in [0.05, 0.1) is 16.4 Å². The van der Waals surface area contributed by atoms with Crippen molar-refractivity contribution in [2.45, 2.75) is 39.1 Å². The van der Waals surface area contributed by atoms with E-state index in [9.17, 15) is 4.79 Å². The van der Waals surface area contributed by atoms with Crippen LogP contribution in [0.3, 0.4) is 0 Å². The van der Waals surface area contributed by atoms with Crippen molar-refractivity contribution in [1.29, 1.82) is 0 Å². The van der Waals surface area contributed by atoms with Crippen molar-refractivity contribution in [2.24, 2.45) is 5.92 Å². The Bertz CT molecular complexity index is 619. The van der Waals surface area contributed by atoms with Gasteiger partial charge in [-0.05, 0) is 25.0 Å². The third-order valence-corrected chi connectivity index (χ3v) is 3.50. The molecule has 0 aliphatic heterocycles. The van der Waals surface area contributed by atoms with E-state index in [1.165, 1.54) is 0 Å². The van der Waals surface area contributed by atoms with Crippen LogP contribution in [0.2, 0.25) is 0 Å². The number of amides is 1. The van der Waals surface area contributed by atoms with Crippen LogP contribution < -0.4 is 5.32 Å². The van der Waals surface area contributed by atoms with Gasteiger partial charge in [-0.25, -0.2) is 4.98 Å². The molecule has 2 aromatic rings. The highest BCUT2D eigenvalue weighted by atomic mass is 35.5. The van der Waals surface area contributed by atoms with Crippen LogP contribution >= 0.6 is 11.6 Å². The van der Waals surface area contributed by atoms with Crippen molar-refractivity contribution < 1.29 is 4.79 Å². The average molecular weight is 308 g/mol. The van der Waals surface area contributed by atoms with Crippen LogP contribution in [0.1, 0.15) is 38.4 Å². The van der Waals surface area contributed by atoms with Gasteiger partial charge >= 0.3 is 0 Å². The zero-order valence-electron chi connectivity index (χ0n) is 12.8. The number of para-hydroxylation sites is 2. The maximum absolute atomic E-state index is 11.9. The molecule has 114 valence electrons. The van der Waals surface area contributed by atoms with Crippen LogP contribution in [-0.2, 0) is 11.3 Å². The summed E-state index contributed by atoms with van der Waals surface area (Å²) in [6.45, 7) is 7.37. The molecule has 2 rings (SSSR count). The number of fused-ring (bicyclic) bond motifs is 1. The predicted molar refractivity (Wildman–Crippen MR) is 86.5 cm³/mol. The monoisotopic (exact) mass is 307 g/mol. The minimum absolute atomic E-state index is 0.0645. The molecule has 5 heteroatoms. The summed E-state index contributed by atoms with van der Waals surface area (Å²) in [6, 6.07) is 7.91. The summed E-state index contributed by atoms with van der Waals surface area (Å²) in [5, 5.41) is 2.75. The molecule has 1 aromatic heterocycles. The molecule has 0 bridgehead atoms. The van der Waals surface area contributed by atoms with E-state index in [0.717, 1.165) is 16.9 Å². The normalized spacial score (nSPS) is 12.8. The first-order valence-electron chi connectivity index (χ1n) is 7.35. The number of benzene rings is 1. The Morgan fingerprint density at radius 1 is 1.33 bits per heavy atom. The molecule has 0 fully saturated rings. The minimum atomic E-state index is -0.184. The Morgan fingerprint density at radius 2 is 2.05 bits per heavy atom. The number of nitrogens with one attached hydrogen (secondary N) is 1. The molecule has 0 aliphatic rings. The van der Waals surface area contributed by atoms with Crippen molar-refractivity contribution >= 4 is 28.5 Å². The van der Waals surface area contributed by atoms with Gasteiger partial charge in [0.15, 0.2) is 0 Å². The maximum Gasteiger partial charge on any atom is 0.221 e. The van der Waals surface area contributed by atoms with Gasteiger partial charge < -0.3 is 9.88 Å². The third kappa shape index (κ3) is 3.97. The van der Waals surface area contributed by atoms with E-state index in [1.54, 1.807) is 0 Å². The Hall–Kier alpha value is -1.55. The van der Waals surface area contributed by atoms with Crippen LogP contribution in [0.25, 0.3) is 11.0 Å². The van der Waals surface area contributed by atoms with Gasteiger partial charge in [-0.15, -0.1) is 11.6 Å². The Labute approximate surface area is 130 Å². The van der Waals surface area contributed by atoms with Crippen molar-refractivity contribution in [3.63, 3.8) is 0 Å². The number of carbonyl (C=O) groups excluding carboxylic acids is 1. The molecular formula is C16H22ClN3O. The van der Waals surface area contributed by atoms with E-state index in [2.05, 4.69) is 24.1 Å². The number of hydrogen-bond donors (Lipinski definition) is 1. The van der Waals surface area contributed by atoms with E-state index >= 15 is 0 Å². The molecule has 0 saturated heterocycles. The summed E-state index contributed by atoms with van der Waals surface area (Å²) >= 11 is 6.21. The quantitative estimate of drug-likeness (QED) is 0.830. The second-order valence-corrected chi connectivity index (χ2v) is 6.33. The molecule has 4 nitrogen and oxygen atoms in total. The largest absolute Gasteiger partial charge is 0.356 e. The minimum Gasteiger partial charge on any atom is -0.356 e. The fraction of sp³-hybridized carbons (Fsp3) is 0.500. The number of nitrogens with zero attached hydrogens (tertiary/aromatic N) is 2. The van der Waals surface area contributed by atoms with Crippen molar-refractivity contribution in [1.82, 2.24) is 14.9 Å². The van der Waals surface area contributed by atoms with Gasteiger partial charge in [-0.3, -0.25) is 4.79 Å². The summed E-state index contributed by atoms with van der Waals surface area (Å²) in [7, 11) is 0. The number of halogens is 1. The van der Waals surface area contributed by atoms with E-state index in [-0.39, 0.29) is 11.3 Å². The highest BCUT2D eigenvalue weighted by Crippen LogP contribution is 2.24. The van der Waals surface area contributed by atoms with Crippen LogP contribution in [-0.4, -0.2) is 22.0 Å². The molecule has 0 spiro atoms. The lowest BCUT2D eigenvalue weighted by atomic mass is 10.2. The molecule has 0 radical (unpaired) electrons. The summed E-state index contributed by atoms with van der Waals surface area (Å²) in [5.74, 6) is 1.34. The zero-order valence-corrected chi connectivity index (χ0v) is 13.5. The summed E-state index contributed by atoms with van der Waals surface area (Å²) in [5.41, 5.74) is 1.94. The first-order valence-corrected chi connectivity index (χ1v) is 7.78. The molecule has 1 N–H and O–H groups in total. The topological polar surface area (TPSA) is 46.9 Å². The maximum atomic E-state index is 11.9. The van der Waals surface area contributed by atoms with Gasteiger partial charge in [0.25, 0.3) is 0 Å². The first-order chi connectivity index (χ1) is 9.99. The van der Waals surface area contributed by atoms with Crippen LogP contribution in [0.5, 0.6) is 0 Å². The number of carbonyl (C=O) groups is 1. The number of hydrogen-bond acceptors (Lipinski definition) is 2. The molecule has 1 unspecified atom stereocenters. The molecule has 1 aromatic carbocycles. The van der Waals surface area contributed by atoms with E-state index in [0.29, 0.717) is 25.4 Å². The van der Waals surface area contributed by atoms with Crippen LogP contribution in [0.15, 0.2) is 24.3 Å². The summed E-state index contributed by atoms with van der Waals surface area (Å²) in [6.07, 6.45) is 0.434.